The Bertz CT molecular complexity index is 682. The highest BCUT2D eigenvalue weighted by Gasteiger charge is 2.53. The Morgan fingerprint density at radius 2 is 1.96 bits per heavy atom. The summed E-state index contributed by atoms with van der Waals surface area (Å²) in [6.45, 7) is 1.52. The van der Waals surface area contributed by atoms with Crippen LogP contribution >= 0.6 is 0 Å². The van der Waals surface area contributed by atoms with Crippen LogP contribution in [0.25, 0.3) is 0 Å². The van der Waals surface area contributed by atoms with E-state index in [-0.39, 0.29) is 47.0 Å². The second kappa shape index (κ2) is 5.61. The Kier molecular flexibility index (Phi) is 3.98. The van der Waals surface area contributed by atoms with Gasteiger partial charge in [0.05, 0.1) is 30.5 Å². The highest BCUT2D eigenvalue weighted by Crippen LogP contribution is 2.55. The van der Waals surface area contributed by atoms with Gasteiger partial charge in [-0.25, -0.2) is 0 Å². The molecular formula is C17H22O7. The van der Waals surface area contributed by atoms with E-state index in [0.29, 0.717) is 0 Å². The van der Waals surface area contributed by atoms with Crippen molar-refractivity contribution in [3.63, 3.8) is 0 Å². The van der Waals surface area contributed by atoms with E-state index in [1.54, 1.807) is 0 Å². The number of fused-ring (bicyclic) bond motifs is 2. The number of aliphatic hydroxyl groups excluding tert-OH is 1. The van der Waals surface area contributed by atoms with Crippen LogP contribution in [0.3, 0.4) is 0 Å². The number of ketones is 1. The maximum absolute atomic E-state index is 12.9. The number of aliphatic hydroxyl groups is 2. The summed E-state index contributed by atoms with van der Waals surface area (Å²) in [4.78, 5) is 12.9. The van der Waals surface area contributed by atoms with Gasteiger partial charge in [0, 0.05) is 30.6 Å². The molecule has 1 saturated carbocycles. The Morgan fingerprint density at radius 1 is 1.29 bits per heavy atom. The van der Waals surface area contributed by atoms with Crippen LogP contribution in [-0.2, 0) is 4.74 Å². The van der Waals surface area contributed by atoms with Gasteiger partial charge in [-0.3, -0.25) is 4.79 Å². The zero-order valence-electron chi connectivity index (χ0n) is 13.8. The van der Waals surface area contributed by atoms with Crippen molar-refractivity contribution in [2.24, 2.45) is 11.8 Å². The summed E-state index contributed by atoms with van der Waals surface area (Å²) < 4.78 is 10.6. The fourth-order valence-corrected chi connectivity index (χ4v) is 4.08. The number of hydrogen-bond donors (Lipinski definition) is 4. The number of phenolic OH excluding ortho intramolecular Hbond substituents is 2. The molecule has 0 heterocycles. The van der Waals surface area contributed by atoms with Crippen molar-refractivity contribution in [3.05, 3.63) is 17.2 Å². The normalized spacial score (nSPS) is 35.3. The average molecular weight is 338 g/mol. The molecule has 1 aromatic carbocycles. The van der Waals surface area contributed by atoms with E-state index in [2.05, 4.69) is 0 Å². The first-order chi connectivity index (χ1) is 11.2. The molecule has 2 aliphatic rings. The molecule has 4 N–H and O–H groups in total. The summed E-state index contributed by atoms with van der Waals surface area (Å²) in [7, 11) is 2.79. The second-order valence-electron chi connectivity index (χ2n) is 6.84. The molecule has 0 saturated heterocycles. The number of aromatic hydroxyl groups is 2. The SMILES string of the molecule is COc1cc(O)c2c(c1O)[C@H](OC)[C@H]1C[C@](C)(O)[C@H](O)C[C@H]1C2=O. The third kappa shape index (κ3) is 2.27. The summed E-state index contributed by atoms with van der Waals surface area (Å²) in [5, 5.41) is 41.3. The van der Waals surface area contributed by atoms with Gasteiger partial charge >= 0.3 is 0 Å². The first-order valence-electron chi connectivity index (χ1n) is 7.83. The predicted octanol–water partition coefficient (Wildman–Crippen LogP) is 1.13. The minimum Gasteiger partial charge on any atom is -0.507 e. The van der Waals surface area contributed by atoms with Gasteiger partial charge in [0.15, 0.2) is 17.3 Å². The number of hydrogen-bond acceptors (Lipinski definition) is 7. The van der Waals surface area contributed by atoms with Crippen molar-refractivity contribution in [2.75, 3.05) is 14.2 Å². The summed E-state index contributed by atoms with van der Waals surface area (Å²) in [5.41, 5.74) is -1.19. The fourth-order valence-electron chi connectivity index (χ4n) is 4.08. The van der Waals surface area contributed by atoms with E-state index < -0.39 is 29.6 Å². The molecule has 7 heteroatoms. The van der Waals surface area contributed by atoms with Crippen molar-refractivity contribution in [2.45, 2.75) is 37.6 Å². The number of benzene rings is 1. The monoisotopic (exact) mass is 338 g/mol. The van der Waals surface area contributed by atoms with Crippen LogP contribution in [0.15, 0.2) is 6.07 Å². The molecule has 0 spiro atoms. The van der Waals surface area contributed by atoms with Gasteiger partial charge < -0.3 is 29.9 Å². The highest BCUT2D eigenvalue weighted by molar-refractivity contribution is 6.04. The lowest BCUT2D eigenvalue weighted by Gasteiger charge is -2.47. The lowest BCUT2D eigenvalue weighted by atomic mass is 9.61. The van der Waals surface area contributed by atoms with Crippen molar-refractivity contribution in [3.8, 4) is 17.2 Å². The number of ether oxygens (including phenoxy) is 2. The standard InChI is InChI=1S/C17H22O7/c1-17(22)6-8-7(4-11(17)19)14(20)12-9(18)5-10(23-2)15(21)13(12)16(8)24-3/h5,7-8,11,16,18-19,21-22H,4,6H2,1-3H3/t7-,8+,11-,16-,17+/m1/s1. The minimum absolute atomic E-state index is 0.00450. The summed E-state index contributed by atoms with van der Waals surface area (Å²) in [5.74, 6) is -1.90. The molecule has 1 aromatic rings. The van der Waals surface area contributed by atoms with Crippen molar-refractivity contribution >= 4 is 5.78 Å². The largest absolute Gasteiger partial charge is 0.507 e. The minimum atomic E-state index is -1.35. The lowest BCUT2D eigenvalue weighted by Crippen LogP contribution is -2.53. The maximum Gasteiger partial charge on any atom is 0.170 e. The first kappa shape index (κ1) is 17.0. The Labute approximate surface area is 139 Å². The summed E-state index contributed by atoms with van der Waals surface area (Å²) in [6, 6.07) is 1.19. The smallest absolute Gasteiger partial charge is 0.170 e. The number of carbonyl (C=O) groups excluding carboxylic acids is 1. The van der Waals surface area contributed by atoms with E-state index in [0.717, 1.165) is 0 Å². The first-order valence-corrected chi connectivity index (χ1v) is 7.83. The molecule has 5 atom stereocenters. The molecule has 24 heavy (non-hydrogen) atoms. The molecule has 132 valence electrons. The number of carbonyl (C=O) groups is 1. The van der Waals surface area contributed by atoms with Gasteiger partial charge in [0.25, 0.3) is 0 Å². The zero-order chi connectivity index (χ0) is 17.8. The molecule has 7 nitrogen and oxygen atoms in total. The average Bonchev–Trinajstić information content (AvgIpc) is 2.52. The van der Waals surface area contributed by atoms with Crippen molar-refractivity contribution in [1.82, 2.24) is 0 Å². The summed E-state index contributed by atoms with van der Waals surface area (Å²) in [6.07, 6.45) is -1.54. The van der Waals surface area contributed by atoms with Crippen molar-refractivity contribution < 1.29 is 34.7 Å². The number of rotatable bonds is 2. The number of Topliss-reactive ketones (excluding diaryl/α,β-unsaturated/α-hetero) is 1. The van der Waals surface area contributed by atoms with Crippen LogP contribution in [0.4, 0.5) is 0 Å². The second-order valence-corrected chi connectivity index (χ2v) is 6.84. The third-order valence-corrected chi connectivity index (χ3v) is 5.37. The van der Waals surface area contributed by atoms with Gasteiger partial charge in [0.1, 0.15) is 5.75 Å². The maximum atomic E-state index is 12.9. The molecule has 0 amide bonds. The quantitative estimate of drug-likeness (QED) is 0.597. The highest BCUT2D eigenvalue weighted by atomic mass is 16.5. The van der Waals surface area contributed by atoms with E-state index in [9.17, 15) is 25.2 Å². The topological polar surface area (TPSA) is 116 Å². The zero-order valence-corrected chi connectivity index (χ0v) is 13.8. The third-order valence-electron chi connectivity index (χ3n) is 5.37. The van der Waals surface area contributed by atoms with Gasteiger partial charge in [-0.15, -0.1) is 0 Å². The van der Waals surface area contributed by atoms with Gasteiger partial charge in [0.2, 0.25) is 0 Å². The van der Waals surface area contributed by atoms with Crippen molar-refractivity contribution in [1.29, 1.82) is 0 Å². The molecule has 3 rings (SSSR count). The van der Waals surface area contributed by atoms with E-state index in [1.807, 2.05) is 0 Å². The van der Waals surface area contributed by atoms with Crippen LogP contribution in [0.5, 0.6) is 17.2 Å². The predicted molar refractivity (Wildman–Crippen MR) is 83.2 cm³/mol. The van der Waals surface area contributed by atoms with Crippen LogP contribution in [0, 0.1) is 11.8 Å². The summed E-state index contributed by atoms with van der Waals surface area (Å²) >= 11 is 0. The molecule has 2 aliphatic carbocycles. The van der Waals surface area contributed by atoms with Crippen LogP contribution < -0.4 is 4.74 Å². The van der Waals surface area contributed by atoms with Gasteiger partial charge in [-0.2, -0.15) is 0 Å². The Balaban J connectivity index is 2.20. The number of methoxy groups -OCH3 is 2. The van der Waals surface area contributed by atoms with Gasteiger partial charge in [-0.05, 0) is 19.8 Å². The van der Waals surface area contributed by atoms with Crippen LogP contribution in [0.2, 0.25) is 0 Å². The molecular weight excluding hydrogens is 316 g/mol. The van der Waals surface area contributed by atoms with E-state index in [4.69, 9.17) is 9.47 Å². The van der Waals surface area contributed by atoms with E-state index in [1.165, 1.54) is 27.2 Å². The van der Waals surface area contributed by atoms with Crippen LogP contribution in [-0.4, -0.2) is 52.1 Å². The lowest BCUT2D eigenvalue weighted by molar-refractivity contribution is -0.135. The Hall–Kier alpha value is -1.83. The molecule has 0 aromatic heterocycles. The van der Waals surface area contributed by atoms with Gasteiger partial charge in [-0.1, -0.05) is 0 Å². The Morgan fingerprint density at radius 3 is 2.54 bits per heavy atom. The van der Waals surface area contributed by atoms with Crippen LogP contribution in [0.1, 0.15) is 41.8 Å². The number of phenols is 2. The van der Waals surface area contributed by atoms with E-state index >= 15 is 0 Å². The molecule has 1 fully saturated rings. The molecule has 0 unspecified atom stereocenters. The molecule has 0 bridgehead atoms. The molecule has 0 aliphatic heterocycles. The fraction of sp³-hybridized carbons (Fsp3) is 0.588. The molecule has 0 radical (unpaired) electrons.